The lowest BCUT2D eigenvalue weighted by molar-refractivity contribution is -0.144. The summed E-state index contributed by atoms with van der Waals surface area (Å²) in [6, 6.07) is 3.88. The van der Waals surface area contributed by atoms with E-state index in [0.29, 0.717) is 17.7 Å². The third kappa shape index (κ3) is 3.06. The molecule has 0 bridgehead atoms. The van der Waals surface area contributed by atoms with Crippen LogP contribution >= 0.6 is 0 Å². The van der Waals surface area contributed by atoms with Crippen molar-refractivity contribution < 1.29 is 18.7 Å². The van der Waals surface area contributed by atoms with Gasteiger partial charge in [-0.2, -0.15) is 0 Å². The average molecular weight is 293 g/mol. The average Bonchev–Trinajstić information content (AvgIpc) is 2.65. The van der Waals surface area contributed by atoms with E-state index in [2.05, 4.69) is 0 Å². The minimum absolute atomic E-state index is 0.0137. The van der Waals surface area contributed by atoms with Crippen LogP contribution in [-0.2, 0) is 9.53 Å². The number of ether oxygens (including phenoxy) is 1. The van der Waals surface area contributed by atoms with E-state index in [-0.39, 0.29) is 24.9 Å². The summed E-state index contributed by atoms with van der Waals surface area (Å²) in [6.45, 7) is 6.44. The van der Waals surface area contributed by atoms with Crippen molar-refractivity contribution in [3.8, 4) is 0 Å². The zero-order valence-electron chi connectivity index (χ0n) is 12.6. The first kappa shape index (κ1) is 15.5. The fourth-order valence-electron chi connectivity index (χ4n) is 2.71. The third-order valence-electron chi connectivity index (χ3n) is 3.48. The summed E-state index contributed by atoms with van der Waals surface area (Å²) in [5.41, 5.74) is 0.668. The third-order valence-corrected chi connectivity index (χ3v) is 3.48. The van der Waals surface area contributed by atoms with Crippen LogP contribution in [0.5, 0.6) is 0 Å². The van der Waals surface area contributed by atoms with E-state index < -0.39 is 17.8 Å². The first-order chi connectivity index (χ1) is 9.95. The van der Waals surface area contributed by atoms with E-state index in [0.717, 1.165) is 0 Å². The molecule has 114 valence electrons. The van der Waals surface area contributed by atoms with Crippen molar-refractivity contribution in [2.75, 3.05) is 13.2 Å². The predicted octanol–water partition coefficient (Wildman–Crippen LogP) is 2.93. The van der Waals surface area contributed by atoms with E-state index in [1.54, 1.807) is 17.9 Å². The lowest BCUT2D eigenvalue weighted by Gasteiger charge is -2.26. The molecule has 1 amide bonds. The molecule has 0 radical (unpaired) electrons. The van der Waals surface area contributed by atoms with Crippen molar-refractivity contribution in [2.24, 2.45) is 5.92 Å². The highest BCUT2D eigenvalue weighted by Crippen LogP contribution is 2.38. The van der Waals surface area contributed by atoms with Gasteiger partial charge >= 0.3 is 5.97 Å². The molecule has 0 saturated heterocycles. The van der Waals surface area contributed by atoms with Gasteiger partial charge in [0.2, 0.25) is 0 Å². The smallest absolute Gasteiger partial charge is 0.308 e. The van der Waals surface area contributed by atoms with E-state index >= 15 is 0 Å². The minimum Gasteiger partial charge on any atom is -0.466 e. The molecule has 0 spiro atoms. The fraction of sp³-hybridized carbons (Fsp3) is 0.500. The standard InChI is InChI=1S/C16H20FNO3/c1-4-21-14(19)8-13-15-11(6-5-7-12(15)17)16(20)18(13)9-10(2)3/h5-7,10,13H,4,8-9H2,1-3H3. The molecule has 5 heteroatoms. The molecular formula is C16H20FNO3. The van der Waals surface area contributed by atoms with Gasteiger partial charge in [-0.3, -0.25) is 9.59 Å². The van der Waals surface area contributed by atoms with E-state index in [1.165, 1.54) is 12.1 Å². The van der Waals surface area contributed by atoms with Gasteiger partial charge in [0, 0.05) is 17.7 Å². The molecule has 1 aromatic rings. The highest BCUT2D eigenvalue weighted by atomic mass is 19.1. The van der Waals surface area contributed by atoms with Crippen molar-refractivity contribution in [3.63, 3.8) is 0 Å². The normalized spacial score (nSPS) is 17.3. The van der Waals surface area contributed by atoms with Gasteiger partial charge in [0.25, 0.3) is 5.91 Å². The number of fused-ring (bicyclic) bond motifs is 1. The van der Waals surface area contributed by atoms with Crippen LogP contribution in [0.25, 0.3) is 0 Å². The summed E-state index contributed by atoms with van der Waals surface area (Å²) in [5, 5.41) is 0. The van der Waals surface area contributed by atoms with Gasteiger partial charge in [-0.1, -0.05) is 19.9 Å². The number of amides is 1. The molecule has 4 nitrogen and oxygen atoms in total. The van der Waals surface area contributed by atoms with Crippen LogP contribution < -0.4 is 0 Å². The first-order valence-corrected chi connectivity index (χ1v) is 7.20. The van der Waals surface area contributed by atoms with Crippen molar-refractivity contribution >= 4 is 11.9 Å². The second-order valence-corrected chi connectivity index (χ2v) is 5.58. The zero-order valence-corrected chi connectivity index (χ0v) is 12.6. The molecule has 0 saturated carbocycles. The van der Waals surface area contributed by atoms with Gasteiger partial charge in [0.05, 0.1) is 19.1 Å². The number of hydrogen-bond donors (Lipinski definition) is 0. The number of hydrogen-bond acceptors (Lipinski definition) is 3. The molecule has 0 fully saturated rings. The Hall–Kier alpha value is -1.91. The Morgan fingerprint density at radius 3 is 2.76 bits per heavy atom. The molecule has 1 unspecified atom stereocenters. The maximum atomic E-state index is 14.1. The number of carbonyl (C=O) groups excluding carboxylic acids is 2. The number of rotatable bonds is 5. The van der Waals surface area contributed by atoms with Crippen LogP contribution in [0.2, 0.25) is 0 Å². The summed E-state index contributed by atoms with van der Waals surface area (Å²) in [4.78, 5) is 25.8. The largest absolute Gasteiger partial charge is 0.466 e. The van der Waals surface area contributed by atoms with Gasteiger partial charge in [-0.05, 0) is 25.0 Å². The Morgan fingerprint density at radius 1 is 1.43 bits per heavy atom. The van der Waals surface area contributed by atoms with E-state index in [4.69, 9.17) is 4.74 Å². The highest BCUT2D eigenvalue weighted by Gasteiger charge is 2.40. The van der Waals surface area contributed by atoms with Gasteiger partial charge < -0.3 is 9.64 Å². The van der Waals surface area contributed by atoms with Crippen LogP contribution in [0.4, 0.5) is 4.39 Å². The molecule has 0 aromatic heterocycles. The highest BCUT2D eigenvalue weighted by molar-refractivity contribution is 5.99. The molecule has 0 N–H and O–H groups in total. The summed E-state index contributed by atoms with van der Waals surface area (Å²) in [7, 11) is 0. The molecule has 1 atom stereocenters. The van der Waals surface area contributed by atoms with Crippen LogP contribution in [-0.4, -0.2) is 29.9 Å². The molecule has 1 heterocycles. The van der Waals surface area contributed by atoms with Crippen molar-refractivity contribution in [1.29, 1.82) is 0 Å². The lowest BCUT2D eigenvalue weighted by Crippen LogP contribution is -2.33. The van der Waals surface area contributed by atoms with Gasteiger partial charge in [-0.15, -0.1) is 0 Å². The zero-order chi connectivity index (χ0) is 15.6. The summed E-state index contributed by atoms with van der Waals surface area (Å²) >= 11 is 0. The molecule has 1 aliphatic heterocycles. The lowest BCUT2D eigenvalue weighted by atomic mass is 10.0. The quantitative estimate of drug-likeness (QED) is 0.784. The number of nitrogens with zero attached hydrogens (tertiary/aromatic N) is 1. The Morgan fingerprint density at radius 2 is 2.14 bits per heavy atom. The number of halogens is 1. The van der Waals surface area contributed by atoms with Crippen molar-refractivity contribution in [1.82, 2.24) is 4.90 Å². The van der Waals surface area contributed by atoms with Crippen LogP contribution in [0.15, 0.2) is 18.2 Å². The molecular weight excluding hydrogens is 273 g/mol. The summed E-state index contributed by atoms with van der Waals surface area (Å²) in [5.74, 6) is -0.843. The maximum absolute atomic E-state index is 14.1. The Kier molecular flexibility index (Phi) is 4.60. The molecule has 1 aliphatic rings. The van der Waals surface area contributed by atoms with Crippen LogP contribution in [0.3, 0.4) is 0 Å². The SMILES string of the molecule is CCOC(=O)CC1c2c(F)cccc2C(=O)N1CC(C)C. The Balaban J connectivity index is 2.36. The summed E-state index contributed by atoms with van der Waals surface area (Å²) in [6.07, 6.45) is -0.0137. The molecule has 21 heavy (non-hydrogen) atoms. The second-order valence-electron chi connectivity index (χ2n) is 5.58. The van der Waals surface area contributed by atoms with Crippen molar-refractivity contribution in [2.45, 2.75) is 33.2 Å². The van der Waals surface area contributed by atoms with Crippen LogP contribution in [0.1, 0.15) is 49.2 Å². The number of carbonyl (C=O) groups is 2. The number of esters is 1. The summed E-state index contributed by atoms with van der Waals surface area (Å²) < 4.78 is 19.1. The molecule has 1 aromatic carbocycles. The number of benzene rings is 1. The van der Waals surface area contributed by atoms with Gasteiger partial charge in [0.15, 0.2) is 0 Å². The van der Waals surface area contributed by atoms with Gasteiger partial charge in [0.1, 0.15) is 5.82 Å². The molecule has 2 rings (SSSR count). The van der Waals surface area contributed by atoms with Gasteiger partial charge in [-0.25, -0.2) is 4.39 Å². The van der Waals surface area contributed by atoms with E-state index in [9.17, 15) is 14.0 Å². The van der Waals surface area contributed by atoms with E-state index in [1.807, 2.05) is 13.8 Å². The first-order valence-electron chi connectivity index (χ1n) is 7.20. The Labute approximate surface area is 123 Å². The predicted molar refractivity (Wildman–Crippen MR) is 76.3 cm³/mol. The van der Waals surface area contributed by atoms with Crippen molar-refractivity contribution in [3.05, 3.63) is 35.1 Å². The fourth-order valence-corrected chi connectivity index (χ4v) is 2.71. The maximum Gasteiger partial charge on any atom is 0.308 e. The minimum atomic E-state index is -0.574. The van der Waals surface area contributed by atoms with Crippen LogP contribution in [0, 0.1) is 11.7 Å². The monoisotopic (exact) mass is 293 g/mol. The Bertz CT molecular complexity index is 556. The molecule has 0 aliphatic carbocycles. The second kappa shape index (κ2) is 6.24. The topological polar surface area (TPSA) is 46.6 Å².